The number of rotatable bonds is 2. The molecule has 18 heavy (non-hydrogen) atoms. The third-order valence-electron chi connectivity index (χ3n) is 2.49. The van der Waals surface area contributed by atoms with Gasteiger partial charge in [-0.25, -0.2) is 4.98 Å². The molecule has 0 aliphatic carbocycles. The SMILES string of the molecule is CCc1nc(-c2ccc(O)c(Cl)c2)[nH]c(=O)c1I. The molecule has 0 aliphatic heterocycles. The number of aromatic nitrogens is 2. The van der Waals surface area contributed by atoms with Crippen LogP contribution >= 0.6 is 34.2 Å². The van der Waals surface area contributed by atoms with Crippen molar-refractivity contribution in [1.29, 1.82) is 0 Å². The summed E-state index contributed by atoms with van der Waals surface area (Å²) in [6.07, 6.45) is 0.682. The fourth-order valence-electron chi connectivity index (χ4n) is 1.53. The van der Waals surface area contributed by atoms with Crippen molar-refractivity contribution in [3.05, 3.63) is 42.8 Å². The molecule has 0 unspecified atom stereocenters. The highest BCUT2D eigenvalue weighted by atomic mass is 127. The molecule has 1 aromatic carbocycles. The molecule has 0 atom stereocenters. The van der Waals surface area contributed by atoms with Crippen molar-refractivity contribution >= 4 is 34.2 Å². The largest absolute Gasteiger partial charge is 0.506 e. The van der Waals surface area contributed by atoms with E-state index in [9.17, 15) is 9.90 Å². The van der Waals surface area contributed by atoms with Crippen molar-refractivity contribution in [2.75, 3.05) is 0 Å². The number of H-pyrrole nitrogens is 1. The van der Waals surface area contributed by atoms with Crippen LogP contribution in [0.1, 0.15) is 12.6 Å². The molecule has 6 heteroatoms. The lowest BCUT2D eigenvalue weighted by atomic mass is 10.2. The van der Waals surface area contributed by atoms with E-state index in [4.69, 9.17) is 11.6 Å². The number of phenolic OH excluding ortho intramolecular Hbond substituents is 1. The number of phenols is 1. The zero-order valence-electron chi connectivity index (χ0n) is 9.50. The number of aromatic amines is 1. The van der Waals surface area contributed by atoms with Crippen molar-refractivity contribution in [3.8, 4) is 17.1 Å². The first-order valence-corrected chi connectivity index (χ1v) is 6.76. The van der Waals surface area contributed by atoms with E-state index in [-0.39, 0.29) is 16.3 Å². The monoisotopic (exact) mass is 376 g/mol. The molecule has 1 heterocycles. The third kappa shape index (κ3) is 2.51. The summed E-state index contributed by atoms with van der Waals surface area (Å²) >= 11 is 7.82. The van der Waals surface area contributed by atoms with E-state index in [2.05, 4.69) is 9.97 Å². The summed E-state index contributed by atoms with van der Waals surface area (Å²) < 4.78 is 0.601. The summed E-state index contributed by atoms with van der Waals surface area (Å²) in [6.45, 7) is 1.94. The number of aryl methyl sites for hydroxylation is 1. The summed E-state index contributed by atoms with van der Waals surface area (Å²) in [7, 11) is 0. The van der Waals surface area contributed by atoms with Gasteiger partial charge in [0.2, 0.25) is 0 Å². The Morgan fingerprint density at radius 2 is 2.22 bits per heavy atom. The van der Waals surface area contributed by atoms with Gasteiger partial charge >= 0.3 is 0 Å². The fourth-order valence-corrected chi connectivity index (χ4v) is 2.35. The lowest BCUT2D eigenvalue weighted by molar-refractivity contribution is 0.475. The Kier molecular flexibility index (Phi) is 3.91. The average molecular weight is 377 g/mol. The molecular weight excluding hydrogens is 367 g/mol. The van der Waals surface area contributed by atoms with Crippen LogP contribution in [0, 0.1) is 3.57 Å². The highest BCUT2D eigenvalue weighted by Gasteiger charge is 2.10. The maximum atomic E-state index is 11.8. The summed E-state index contributed by atoms with van der Waals surface area (Å²) in [5.74, 6) is 0.461. The minimum atomic E-state index is -0.165. The minimum absolute atomic E-state index is 0.00369. The molecule has 4 nitrogen and oxygen atoms in total. The summed E-state index contributed by atoms with van der Waals surface area (Å²) in [5.41, 5.74) is 1.25. The average Bonchev–Trinajstić information content (AvgIpc) is 2.36. The van der Waals surface area contributed by atoms with Crippen molar-refractivity contribution in [3.63, 3.8) is 0 Å². The first-order chi connectivity index (χ1) is 8.52. The van der Waals surface area contributed by atoms with Crippen LogP contribution < -0.4 is 5.56 Å². The molecule has 1 aromatic heterocycles. The lowest BCUT2D eigenvalue weighted by Crippen LogP contribution is -2.15. The van der Waals surface area contributed by atoms with Gasteiger partial charge in [0.05, 0.1) is 14.3 Å². The van der Waals surface area contributed by atoms with E-state index in [1.807, 2.05) is 29.5 Å². The molecule has 0 spiro atoms. The van der Waals surface area contributed by atoms with E-state index in [1.165, 1.54) is 6.07 Å². The van der Waals surface area contributed by atoms with Crippen LogP contribution in [0.4, 0.5) is 0 Å². The quantitative estimate of drug-likeness (QED) is 0.792. The Labute approximate surface area is 122 Å². The maximum absolute atomic E-state index is 11.8. The zero-order valence-corrected chi connectivity index (χ0v) is 12.4. The van der Waals surface area contributed by atoms with Crippen LogP contribution in [0.25, 0.3) is 11.4 Å². The predicted octanol–water partition coefficient (Wildman–Crippen LogP) is 2.96. The van der Waals surface area contributed by atoms with Gasteiger partial charge in [0.1, 0.15) is 11.6 Å². The fraction of sp³-hybridized carbons (Fsp3) is 0.167. The molecule has 0 bridgehead atoms. The first-order valence-electron chi connectivity index (χ1n) is 5.30. The molecule has 0 saturated heterocycles. The Bertz CT molecular complexity index is 655. The standard InChI is InChI=1S/C12H10ClIN2O2/c1-2-8-10(14)12(18)16-11(15-8)6-3-4-9(17)7(13)5-6/h3-5,17H,2H2,1H3,(H,15,16,18). The summed E-state index contributed by atoms with van der Waals surface area (Å²) in [4.78, 5) is 18.8. The van der Waals surface area contributed by atoms with Crippen molar-refractivity contribution in [1.82, 2.24) is 9.97 Å². The van der Waals surface area contributed by atoms with Crippen LogP contribution in [-0.4, -0.2) is 15.1 Å². The van der Waals surface area contributed by atoms with Gasteiger partial charge in [-0.3, -0.25) is 4.79 Å². The van der Waals surface area contributed by atoms with E-state index >= 15 is 0 Å². The van der Waals surface area contributed by atoms with Gasteiger partial charge in [0.25, 0.3) is 5.56 Å². The molecule has 0 aliphatic rings. The molecule has 0 amide bonds. The van der Waals surface area contributed by atoms with Crippen LogP contribution in [0.5, 0.6) is 5.75 Å². The number of nitrogens with one attached hydrogen (secondary N) is 1. The molecule has 2 aromatic rings. The van der Waals surface area contributed by atoms with Crippen molar-refractivity contribution in [2.24, 2.45) is 0 Å². The van der Waals surface area contributed by atoms with E-state index < -0.39 is 0 Å². The Morgan fingerprint density at radius 3 is 2.83 bits per heavy atom. The van der Waals surface area contributed by atoms with E-state index in [0.29, 0.717) is 21.4 Å². The van der Waals surface area contributed by atoms with Gasteiger partial charge in [0.15, 0.2) is 0 Å². The van der Waals surface area contributed by atoms with Gasteiger partial charge in [0, 0.05) is 5.56 Å². The Hall–Kier alpha value is -1.08. The van der Waals surface area contributed by atoms with Gasteiger partial charge < -0.3 is 10.1 Å². The normalized spacial score (nSPS) is 10.6. The Balaban J connectivity index is 2.60. The van der Waals surface area contributed by atoms with E-state index in [1.54, 1.807) is 12.1 Å². The highest BCUT2D eigenvalue weighted by Crippen LogP contribution is 2.27. The first kappa shape index (κ1) is 13.4. The molecular formula is C12H10ClIN2O2. The third-order valence-corrected chi connectivity index (χ3v) is 3.90. The smallest absolute Gasteiger partial charge is 0.264 e. The molecule has 0 radical (unpaired) electrons. The molecule has 94 valence electrons. The van der Waals surface area contributed by atoms with Crippen LogP contribution in [0.3, 0.4) is 0 Å². The van der Waals surface area contributed by atoms with Crippen LogP contribution in [0.2, 0.25) is 5.02 Å². The van der Waals surface area contributed by atoms with Crippen LogP contribution in [-0.2, 0) is 6.42 Å². The molecule has 2 rings (SSSR count). The second kappa shape index (κ2) is 5.27. The van der Waals surface area contributed by atoms with Gasteiger partial charge in [-0.2, -0.15) is 0 Å². The highest BCUT2D eigenvalue weighted by molar-refractivity contribution is 14.1. The number of benzene rings is 1. The van der Waals surface area contributed by atoms with E-state index in [0.717, 1.165) is 5.69 Å². The number of hydrogen-bond acceptors (Lipinski definition) is 3. The lowest BCUT2D eigenvalue weighted by Gasteiger charge is -2.06. The molecule has 0 fully saturated rings. The number of aromatic hydroxyl groups is 1. The second-order valence-electron chi connectivity index (χ2n) is 3.69. The number of halogens is 2. The Morgan fingerprint density at radius 1 is 1.50 bits per heavy atom. The van der Waals surface area contributed by atoms with Gasteiger partial charge in [-0.05, 0) is 47.2 Å². The zero-order chi connectivity index (χ0) is 13.3. The van der Waals surface area contributed by atoms with Gasteiger partial charge in [-0.1, -0.05) is 18.5 Å². The molecule has 0 saturated carbocycles. The summed E-state index contributed by atoms with van der Waals surface area (Å²) in [6, 6.07) is 4.70. The van der Waals surface area contributed by atoms with Crippen molar-refractivity contribution in [2.45, 2.75) is 13.3 Å². The van der Waals surface area contributed by atoms with Crippen LogP contribution in [0.15, 0.2) is 23.0 Å². The molecule has 2 N–H and O–H groups in total. The van der Waals surface area contributed by atoms with Gasteiger partial charge in [-0.15, -0.1) is 0 Å². The topological polar surface area (TPSA) is 66.0 Å². The maximum Gasteiger partial charge on any atom is 0.264 e. The number of hydrogen-bond donors (Lipinski definition) is 2. The summed E-state index contributed by atoms with van der Waals surface area (Å²) in [5, 5.41) is 9.59. The minimum Gasteiger partial charge on any atom is -0.506 e. The predicted molar refractivity (Wildman–Crippen MR) is 79.1 cm³/mol. The van der Waals surface area contributed by atoms with Crippen molar-refractivity contribution < 1.29 is 5.11 Å². The number of nitrogens with zero attached hydrogens (tertiary/aromatic N) is 1. The second-order valence-corrected chi connectivity index (χ2v) is 5.18.